The van der Waals surface area contributed by atoms with E-state index in [1.54, 1.807) is 12.3 Å². The van der Waals surface area contributed by atoms with Crippen molar-refractivity contribution in [2.75, 3.05) is 19.6 Å². The van der Waals surface area contributed by atoms with Crippen LogP contribution in [0.4, 0.5) is 4.39 Å². The van der Waals surface area contributed by atoms with Crippen LogP contribution in [-0.4, -0.2) is 37.9 Å². The first-order valence-electron chi connectivity index (χ1n) is 8.83. The Morgan fingerprint density at radius 3 is 2.62 bits per heavy atom. The highest BCUT2D eigenvalue weighted by Crippen LogP contribution is 2.18. The number of sulfonamides is 1. The number of pyridine rings is 1. The molecule has 1 N–H and O–H groups in total. The number of likely N-dealkylation sites (tertiary alicyclic amines) is 1. The summed E-state index contributed by atoms with van der Waals surface area (Å²) in [6.45, 7) is 3.22. The molecule has 0 aliphatic carbocycles. The molecule has 140 valence electrons. The van der Waals surface area contributed by atoms with Crippen molar-refractivity contribution in [2.45, 2.75) is 25.1 Å². The molecule has 0 radical (unpaired) electrons. The summed E-state index contributed by atoms with van der Waals surface area (Å²) in [6.07, 6.45) is 5.57. The van der Waals surface area contributed by atoms with Gasteiger partial charge in [-0.15, -0.1) is 0 Å². The van der Waals surface area contributed by atoms with Gasteiger partial charge in [0, 0.05) is 25.5 Å². The van der Waals surface area contributed by atoms with Gasteiger partial charge < -0.3 is 0 Å². The Bertz CT molecular complexity index is 807. The van der Waals surface area contributed by atoms with Crippen LogP contribution in [0.2, 0.25) is 0 Å². The number of benzene rings is 1. The Labute approximate surface area is 154 Å². The summed E-state index contributed by atoms with van der Waals surface area (Å²) in [5, 5.41) is 0. The maximum Gasteiger partial charge on any atom is 0.215 e. The minimum absolute atomic E-state index is 0.190. The number of rotatable bonds is 7. The number of piperidine rings is 1. The number of nitrogens with one attached hydrogen (secondary N) is 1. The monoisotopic (exact) mass is 377 g/mol. The molecule has 0 spiro atoms. The lowest BCUT2D eigenvalue weighted by Crippen LogP contribution is -2.38. The van der Waals surface area contributed by atoms with E-state index in [0.29, 0.717) is 18.0 Å². The minimum atomic E-state index is -3.45. The molecule has 0 atom stereocenters. The van der Waals surface area contributed by atoms with Crippen molar-refractivity contribution in [1.29, 1.82) is 0 Å². The third kappa shape index (κ3) is 5.86. The first-order chi connectivity index (χ1) is 12.5. The second-order valence-electron chi connectivity index (χ2n) is 6.82. The number of hydrogen-bond donors (Lipinski definition) is 1. The van der Waals surface area contributed by atoms with Gasteiger partial charge in [0.25, 0.3) is 0 Å². The van der Waals surface area contributed by atoms with Gasteiger partial charge in [0.05, 0.1) is 5.75 Å². The van der Waals surface area contributed by atoms with Gasteiger partial charge in [0.15, 0.2) is 0 Å². The maximum absolute atomic E-state index is 13.2. The van der Waals surface area contributed by atoms with Crippen molar-refractivity contribution in [3.8, 4) is 0 Å². The van der Waals surface area contributed by atoms with Crippen LogP contribution in [0.3, 0.4) is 0 Å². The van der Waals surface area contributed by atoms with E-state index in [0.717, 1.165) is 32.5 Å². The number of halogens is 1. The lowest BCUT2D eigenvalue weighted by Gasteiger charge is -2.31. The molecular weight excluding hydrogens is 353 g/mol. The summed E-state index contributed by atoms with van der Waals surface area (Å²) in [5.74, 6) is -0.272. The third-order valence-electron chi connectivity index (χ3n) is 4.67. The third-order valence-corrected chi connectivity index (χ3v) is 5.99. The standard InChI is InChI=1S/C19H24FN3O2S/c20-19-5-1-3-17(11-19)15-26(24,25)22-13-16-6-9-23(10-7-16)14-18-4-2-8-21-12-18/h1-5,8,11-12,16,22H,6-7,9-10,13-15H2. The fourth-order valence-electron chi connectivity index (χ4n) is 3.24. The summed E-state index contributed by atoms with van der Waals surface area (Å²) < 4.78 is 40.3. The predicted molar refractivity (Wildman–Crippen MR) is 99.3 cm³/mol. The van der Waals surface area contributed by atoms with Crippen LogP contribution >= 0.6 is 0 Å². The Balaban J connectivity index is 1.43. The summed E-state index contributed by atoms with van der Waals surface area (Å²) in [6, 6.07) is 9.73. The van der Waals surface area contributed by atoms with E-state index in [2.05, 4.69) is 20.7 Å². The maximum atomic E-state index is 13.2. The second-order valence-corrected chi connectivity index (χ2v) is 8.63. The van der Waals surface area contributed by atoms with Crippen LogP contribution in [-0.2, 0) is 22.3 Å². The molecule has 2 heterocycles. The van der Waals surface area contributed by atoms with E-state index in [4.69, 9.17) is 0 Å². The first-order valence-corrected chi connectivity index (χ1v) is 10.5. The Kier molecular flexibility index (Phi) is 6.34. The van der Waals surface area contributed by atoms with E-state index in [9.17, 15) is 12.8 Å². The van der Waals surface area contributed by atoms with Gasteiger partial charge in [-0.2, -0.15) is 0 Å². The second kappa shape index (κ2) is 8.70. The normalized spacial score (nSPS) is 16.7. The predicted octanol–water partition coefficient (Wildman–Crippen LogP) is 2.55. The van der Waals surface area contributed by atoms with Gasteiger partial charge in [-0.1, -0.05) is 18.2 Å². The van der Waals surface area contributed by atoms with Crippen LogP contribution < -0.4 is 4.72 Å². The van der Waals surface area contributed by atoms with Gasteiger partial charge in [-0.3, -0.25) is 9.88 Å². The average Bonchev–Trinajstić information content (AvgIpc) is 2.62. The van der Waals surface area contributed by atoms with Crippen molar-refractivity contribution < 1.29 is 12.8 Å². The molecule has 0 bridgehead atoms. The van der Waals surface area contributed by atoms with Crippen LogP contribution in [0.5, 0.6) is 0 Å². The van der Waals surface area contributed by atoms with Crippen molar-refractivity contribution in [3.05, 3.63) is 65.7 Å². The molecule has 0 saturated carbocycles. The molecule has 1 aliphatic heterocycles. The molecule has 1 aliphatic rings. The summed E-state index contributed by atoms with van der Waals surface area (Å²) in [5.41, 5.74) is 1.66. The van der Waals surface area contributed by atoms with Crippen LogP contribution in [0.1, 0.15) is 24.0 Å². The largest absolute Gasteiger partial charge is 0.299 e. The van der Waals surface area contributed by atoms with Gasteiger partial charge in [0.1, 0.15) is 5.82 Å². The van der Waals surface area contributed by atoms with Crippen LogP contribution in [0, 0.1) is 11.7 Å². The fraction of sp³-hybridized carbons (Fsp3) is 0.421. The van der Waals surface area contributed by atoms with E-state index < -0.39 is 15.8 Å². The van der Waals surface area contributed by atoms with Crippen molar-refractivity contribution >= 4 is 10.0 Å². The number of hydrogen-bond acceptors (Lipinski definition) is 4. The molecule has 1 aromatic heterocycles. The van der Waals surface area contributed by atoms with Crippen LogP contribution in [0.25, 0.3) is 0 Å². The van der Waals surface area contributed by atoms with Crippen LogP contribution in [0.15, 0.2) is 48.8 Å². The Morgan fingerprint density at radius 1 is 1.15 bits per heavy atom. The highest BCUT2D eigenvalue weighted by molar-refractivity contribution is 7.88. The van der Waals surface area contributed by atoms with Gasteiger partial charge >= 0.3 is 0 Å². The van der Waals surface area contributed by atoms with Crippen molar-refractivity contribution in [2.24, 2.45) is 5.92 Å². The summed E-state index contributed by atoms with van der Waals surface area (Å²) >= 11 is 0. The molecule has 1 saturated heterocycles. The lowest BCUT2D eigenvalue weighted by molar-refractivity contribution is 0.178. The van der Waals surface area contributed by atoms with Crippen molar-refractivity contribution in [3.63, 3.8) is 0 Å². The first kappa shape index (κ1) is 18.9. The lowest BCUT2D eigenvalue weighted by atomic mass is 9.97. The molecule has 7 heteroatoms. The molecule has 5 nitrogen and oxygen atoms in total. The minimum Gasteiger partial charge on any atom is -0.299 e. The van der Waals surface area contributed by atoms with Gasteiger partial charge in [0.2, 0.25) is 10.0 Å². The van der Waals surface area contributed by atoms with E-state index in [-0.39, 0.29) is 5.75 Å². The molecule has 1 fully saturated rings. The summed E-state index contributed by atoms with van der Waals surface area (Å²) in [4.78, 5) is 6.50. The molecule has 0 amide bonds. The zero-order valence-corrected chi connectivity index (χ0v) is 15.5. The molecule has 0 unspecified atom stereocenters. The SMILES string of the molecule is O=S(=O)(Cc1cccc(F)c1)NCC1CCN(Cc2cccnc2)CC1. The molecular formula is C19H24FN3O2S. The fourth-order valence-corrected chi connectivity index (χ4v) is 4.45. The van der Waals surface area contributed by atoms with Gasteiger partial charge in [-0.25, -0.2) is 17.5 Å². The molecule has 2 aromatic rings. The van der Waals surface area contributed by atoms with E-state index >= 15 is 0 Å². The quantitative estimate of drug-likeness (QED) is 0.806. The zero-order chi connectivity index (χ0) is 18.4. The number of nitrogens with zero attached hydrogens (tertiary/aromatic N) is 2. The highest BCUT2D eigenvalue weighted by atomic mass is 32.2. The topological polar surface area (TPSA) is 62.3 Å². The molecule has 3 rings (SSSR count). The van der Waals surface area contributed by atoms with E-state index in [1.165, 1.54) is 23.8 Å². The Hall–Kier alpha value is -1.83. The molecule has 26 heavy (non-hydrogen) atoms. The smallest absolute Gasteiger partial charge is 0.215 e. The zero-order valence-electron chi connectivity index (χ0n) is 14.6. The van der Waals surface area contributed by atoms with E-state index in [1.807, 2.05) is 12.3 Å². The van der Waals surface area contributed by atoms with Gasteiger partial charge in [-0.05, 0) is 61.2 Å². The average molecular weight is 377 g/mol. The van der Waals surface area contributed by atoms with Crippen molar-refractivity contribution in [1.82, 2.24) is 14.6 Å². The Morgan fingerprint density at radius 2 is 1.92 bits per heavy atom. The number of aromatic nitrogens is 1. The highest BCUT2D eigenvalue weighted by Gasteiger charge is 2.21. The molecule has 1 aromatic carbocycles. The summed E-state index contributed by atoms with van der Waals surface area (Å²) in [7, 11) is -3.45.